The van der Waals surface area contributed by atoms with E-state index in [4.69, 9.17) is 9.15 Å². The number of carbonyl (C=O) groups is 4. The number of hydrogen-bond donors (Lipinski definition) is 0. The van der Waals surface area contributed by atoms with Crippen LogP contribution in [-0.2, 0) is 22.5 Å². The number of ether oxygens (including phenoxy) is 1. The molecule has 0 aliphatic carbocycles. The molecule has 0 N–H and O–H groups in total. The highest BCUT2D eigenvalue weighted by atomic mass is 16.5. The summed E-state index contributed by atoms with van der Waals surface area (Å²) in [6, 6.07) is 15.1. The van der Waals surface area contributed by atoms with Gasteiger partial charge < -0.3 is 14.1 Å². The lowest BCUT2D eigenvalue weighted by molar-refractivity contribution is -0.121. The zero-order valence-electron chi connectivity index (χ0n) is 16.9. The first-order valence-corrected chi connectivity index (χ1v) is 10.1. The first-order valence-electron chi connectivity index (χ1n) is 10.1. The number of benzene rings is 2. The van der Waals surface area contributed by atoms with E-state index in [1.807, 2.05) is 24.3 Å². The van der Waals surface area contributed by atoms with Crippen LogP contribution in [0.2, 0.25) is 0 Å². The van der Waals surface area contributed by atoms with Crippen molar-refractivity contribution >= 4 is 29.4 Å². The average molecular weight is 430 g/mol. The van der Waals surface area contributed by atoms with Crippen molar-refractivity contribution in [3.63, 3.8) is 0 Å². The van der Waals surface area contributed by atoms with Crippen LogP contribution < -0.4 is 4.90 Å². The number of anilines is 1. The minimum Gasteiger partial charge on any atom is -0.467 e. The molecule has 0 unspecified atom stereocenters. The lowest BCUT2D eigenvalue weighted by Gasteiger charge is -2.17. The molecule has 5 rings (SSSR count). The van der Waals surface area contributed by atoms with E-state index in [2.05, 4.69) is 0 Å². The Balaban J connectivity index is 1.26. The molecule has 0 spiro atoms. The van der Waals surface area contributed by atoms with E-state index < -0.39 is 24.4 Å². The maximum Gasteiger partial charge on any atom is 0.338 e. The minimum atomic E-state index is -0.738. The fourth-order valence-electron chi connectivity index (χ4n) is 4.01. The van der Waals surface area contributed by atoms with Crippen molar-refractivity contribution in [3.05, 3.63) is 88.9 Å². The second-order valence-corrected chi connectivity index (χ2v) is 7.54. The number of esters is 1. The molecule has 1 aromatic heterocycles. The van der Waals surface area contributed by atoms with Crippen LogP contribution in [0.3, 0.4) is 0 Å². The smallest absolute Gasteiger partial charge is 0.338 e. The van der Waals surface area contributed by atoms with Crippen LogP contribution >= 0.6 is 0 Å². The van der Waals surface area contributed by atoms with Crippen LogP contribution in [0.4, 0.5) is 5.69 Å². The fraction of sp³-hybridized carbons (Fsp3) is 0.167. The van der Waals surface area contributed by atoms with Crippen LogP contribution in [-0.4, -0.2) is 41.7 Å². The Morgan fingerprint density at radius 3 is 2.59 bits per heavy atom. The number of nitrogens with zero attached hydrogens (tertiary/aromatic N) is 2. The molecule has 0 saturated heterocycles. The van der Waals surface area contributed by atoms with Gasteiger partial charge in [0.2, 0.25) is 0 Å². The van der Waals surface area contributed by atoms with Crippen LogP contribution in [0.1, 0.15) is 42.4 Å². The number of amides is 3. The van der Waals surface area contributed by atoms with Crippen molar-refractivity contribution in [2.75, 3.05) is 18.1 Å². The first kappa shape index (κ1) is 19.7. The minimum absolute atomic E-state index is 0.00490. The van der Waals surface area contributed by atoms with E-state index in [0.29, 0.717) is 12.3 Å². The molecular formula is C24H18N2O6. The highest BCUT2D eigenvalue weighted by Crippen LogP contribution is 2.28. The number of carbonyl (C=O) groups excluding carboxylic acids is 4. The van der Waals surface area contributed by atoms with Crippen LogP contribution in [0, 0.1) is 0 Å². The normalized spacial score (nSPS) is 14.5. The van der Waals surface area contributed by atoms with Gasteiger partial charge in [0.05, 0.1) is 29.5 Å². The number of hydrogen-bond acceptors (Lipinski definition) is 6. The van der Waals surface area contributed by atoms with Gasteiger partial charge in [0.15, 0.2) is 6.61 Å². The number of rotatable bonds is 5. The number of fused-ring (bicyclic) bond motifs is 2. The molecule has 2 aliphatic heterocycles. The summed E-state index contributed by atoms with van der Waals surface area (Å²) >= 11 is 0. The predicted molar refractivity (Wildman–Crippen MR) is 112 cm³/mol. The molecule has 32 heavy (non-hydrogen) atoms. The molecule has 0 atom stereocenters. The van der Waals surface area contributed by atoms with Gasteiger partial charge in [-0.1, -0.05) is 18.2 Å². The zero-order chi connectivity index (χ0) is 22.2. The molecular weight excluding hydrogens is 412 g/mol. The van der Waals surface area contributed by atoms with Crippen molar-refractivity contribution in [1.82, 2.24) is 4.90 Å². The molecule has 160 valence electrons. The molecule has 0 fully saturated rings. The summed E-state index contributed by atoms with van der Waals surface area (Å²) in [7, 11) is 0. The van der Waals surface area contributed by atoms with E-state index in [9.17, 15) is 19.2 Å². The van der Waals surface area contributed by atoms with Crippen molar-refractivity contribution in [1.29, 1.82) is 0 Å². The van der Waals surface area contributed by atoms with Crippen molar-refractivity contribution in [3.8, 4) is 0 Å². The molecule has 8 heteroatoms. The molecule has 0 radical (unpaired) electrons. The summed E-state index contributed by atoms with van der Waals surface area (Å²) in [5.41, 5.74) is 2.33. The molecule has 0 saturated carbocycles. The maximum atomic E-state index is 12.7. The van der Waals surface area contributed by atoms with E-state index in [1.165, 1.54) is 24.5 Å². The molecule has 3 heterocycles. The molecule has 8 nitrogen and oxygen atoms in total. The first-order chi connectivity index (χ1) is 15.5. The van der Waals surface area contributed by atoms with Gasteiger partial charge in [0.25, 0.3) is 17.7 Å². The molecule has 3 amide bonds. The summed E-state index contributed by atoms with van der Waals surface area (Å²) in [6.45, 7) is 0.128. The quantitative estimate of drug-likeness (QED) is 0.456. The zero-order valence-corrected chi connectivity index (χ0v) is 16.9. The fourth-order valence-corrected chi connectivity index (χ4v) is 4.01. The van der Waals surface area contributed by atoms with Crippen molar-refractivity contribution < 1.29 is 28.3 Å². The maximum absolute atomic E-state index is 12.7. The van der Waals surface area contributed by atoms with Crippen molar-refractivity contribution in [2.45, 2.75) is 13.0 Å². The van der Waals surface area contributed by atoms with E-state index in [0.717, 1.165) is 22.6 Å². The van der Waals surface area contributed by atoms with Gasteiger partial charge in [-0.05, 0) is 48.4 Å². The second-order valence-electron chi connectivity index (χ2n) is 7.54. The van der Waals surface area contributed by atoms with Crippen LogP contribution in [0.15, 0.2) is 65.3 Å². The van der Waals surface area contributed by atoms with Gasteiger partial charge in [-0.15, -0.1) is 0 Å². The molecule has 2 aliphatic rings. The Morgan fingerprint density at radius 2 is 1.78 bits per heavy atom. The summed E-state index contributed by atoms with van der Waals surface area (Å²) in [6.07, 6.45) is 2.22. The summed E-state index contributed by atoms with van der Waals surface area (Å²) in [4.78, 5) is 53.0. The van der Waals surface area contributed by atoms with Gasteiger partial charge in [-0.3, -0.25) is 19.3 Å². The Labute approximate surface area is 183 Å². The number of para-hydroxylation sites is 1. The standard InChI is InChI=1S/C24H18N2O6/c27-21(25-10-9-15-4-1-2-6-20(15)25)14-32-24(30)16-7-8-18-19(12-16)23(29)26(22(18)28)13-17-5-3-11-31-17/h1-8,11-12H,9-10,13-14H2. The van der Waals surface area contributed by atoms with Gasteiger partial charge in [0, 0.05) is 12.2 Å². The monoisotopic (exact) mass is 430 g/mol. The third-order valence-corrected chi connectivity index (χ3v) is 5.62. The second kappa shape index (κ2) is 7.81. The highest BCUT2D eigenvalue weighted by molar-refractivity contribution is 6.21. The predicted octanol–water partition coefficient (Wildman–Crippen LogP) is 2.82. The van der Waals surface area contributed by atoms with Gasteiger partial charge >= 0.3 is 5.97 Å². The van der Waals surface area contributed by atoms with Crippen LogP contribution in [0.25, 0.3) is 0 Å². The largest absolute Gasteiger partial charge is 0.467 e. The topological polar surface area (TPSA) is 97.1 Å². The number of furan rings is 1. The van der Waals surface area contributed by atoms with E-state index >= 15 is 0 Å². The molecule has 0 bridgehead atoms. The molecule has 3 aromatic rings. The van der Waals surface area contributed by atoms with Gasteiger partial charge in [-0.25, -0.2) is 4.79 Å². The Hall–Kier alpha value is -4.20. The summed E-state index contributed by atoms with van der Waals surface area (Å²) in [5, 5.41) is 0. The van der Waals surface area contributed by atoms with Gasteiger partial charge in [0.1, 0.15) is 5.76 Å². The Morgan fingerprint density at radius 1 is 0.969 bits per heavy atom. The number of imide groups is 1. The SMILES string of the molecule is O=C(OCC(=O)N1CCc2ccccc21)c1ccc2c(c1)C(=O)N(Cc1ccco1)C2=O. The van der Waals surface area contributed by atoms with Crippen LogP contribution in [0.5, 0.6) is 0 Å². The third kappa shape index (κ3) is 3.35. The lowest BCUT2D eigenvalue weighted by Crippen LogP contribution is -2.33. The lowest BCUT2D eigenvalue weighted by atomic mass is 10.1. The Bertz CT molecular complexity index is 1250. The highest BCUT2D eigenvalue weighted by Gasteiger charge is 2.36. The molecule has 2 aromatic carbocycles. The Kier molecular flexibility index (Phi) is 4.82. The van der Waals surface area contributed by atoms with Crippen molar-refractivity contribution in [2.24, 2.45) is 0 Å². The van der Waals surface area contributed by atoms with E-state index in [-0.39, 0.29) is 29.1 Å². The summed E-state index contributed by atoms with van der Waals surface area (Å²) in [5.74, 6) is -1.55. The summed E-state index contributed by atoms with van der Waals surface area (Å²) < 4.78 is 10.4. The third-order valence-electron chi connectivity index (χ3n) is 5.62. The van der Waals surface area contributed by atoms with Gasteiger partial charge in [-0.2, -0.15) is 0 Å². The van der Waals surface area contributed by atoms with E-state index in [1.54, 1.807) is 17.0 Å². The average Bonchev–Trinajstić information content (AvgIpc) is 3.53.